The molecule has 1 unspecified atom stereocenters. The molecule has 1 saturated heterocycles. The standard InChI is InChI=1S/C19H38N4O4S/c1-7-19(8-2,23-17(24)27-18(4,5)6)14-22-16(20-9-3)21-12-15-10-11-28(25,26)13-15/h15H,7-14H2,1-6H3,(H,23,24)(H2,20,21,22). The number of nitrogens with one attached hydrogen (secondary N) is 3. The van der Waals surface area contributed by atoms with Gasteiger partial charge in [-0.05, 0) is 52.9 Å². The summed E-state index contributed by atoms with van der Waals surface area (Å²) in [5.74, 6) is 1.23. The van der Waals surface area contributed by atoms with Crippen molar-refractivity contribution in [2.24, 2.45) is 10.9 Å². The van der Waals surface area contributed by atoms with Crippen LogP contribution in [0.5, 0.6) is 0 Å². The van der Waals surface area contributed by atoms with Gasteiger partial charge in [0.05, 0.1) is 23.6 Å². The van der Waals surface area contributed by atoms with Gasteiger partial charge in [0.25, 0.3) is 0 Å². The lowest BCUT2D eigenvalue weighted by Gasteiger charge is -2.32. The Labute approximate surface area is 170 Å². The Hall–Kier alpha value is -1.51. The molecule has 1 atom stereocenters. The number of guanidine groups is 1. The number of rotatable bonds is 8. The summed E-state index contributed by atoms with van der Waals surface area (Å²) in [6, 6.07) is 0. The zero-order chi connectivity index (χ0) is 21.4. The van der Waals surface area contributed by atoms with Crippen LogP contribution in [0.1, 0.15) is 60.8 Å². The molecule has 9 heteroatoms. The molecule has 0 radical (unpaired) electrons. The Kier molecular flexibility index (Phi) is 9.04. The van der Waals surface area contributed by atoms with Crippen LogP contribution >= 0.6 is 0 Å². The summed E-state index contributed by atoms with van der Waals surface area (Å²) >= 11 is 0. The fourth-order valence-corrected chi connectivity index (χ4v) is 4.92. The van der Waals surface area contributed by atoms with Gasteiger partial charge in [0.15, 0.2) is 15.8 Å². The average molecular weight is 419 g/mol. The number of aliphatic imine (C=N–C) groups is 1. The molecule has 1 amide bonds. The minimum absolute atomic E-state index is 0.107. The molecular formula is C19H38N4O4S. The Morgan fingerprint density at radius 2 is 1.79 bits per heavy atom. The smallest absolute Gasteiger partial charge is 0.408 e. The van der Waals surface area contributed by atoms with Crippen molar-refractivity contribution in [2.75, 3.05) is 31.1 Å². The molecule has 1 aliphatic rings. The Balaban J connectivity index is 2.75. The van der Waals surface area contributed by atoms with Crippen molar-refractivity contribution in [2.45, 2.75) is 71.9 Å². The molecule has 3 N–H and O–H groups in total. The molecule has 0 aromatic rings. The van der Waals surface area contributed by atoms with E-state index in [4.69, 9.17) is 4.74 Å². The highest BCUT2D eigenvalue weighted by Crippen LogP contribution is 2.19. The summed E-state index contributed by atoms with van der Waals surface area (Å²) in [4.78, 5) is 16.9. The van der Waals surface area contributed by atoms with E-state index in [1.54, 1.807) is 0 Å². The first-order chi connectivity index (χ1) is 12.9. The number of sulfone groups is 1. The zero-order valence-electron chi connectivity index (χ0n) is 18.2. The maximum atomic E-state index is 12.3. The van der Waals surface area contributed by atoms with Crippen LogP contribution in [0.15, 0.2) is 4.99 Å². The predicted molar refractivity (Wildman–Crippen MR) is 113 cm³/mol. The third kappa shape index (κ3) is 8.67. The average Bonchev–Trinajstić information content (AvgIpc) is 2.93. The molecule has 0 aromatic carbocycles. The van der Waals surface area contributed by atoms with Crippen molar-refractivity contribution >= 4 is 21.9 Å². The van der Waals surface area contributed by atoms with Crippen LogP contribution in [-0.4, -0.2) is 62.8 Å². The number of ether oxygens (including phenoxy) is 1. The number of amides is 1. The van der Waals surface area contributed by atoms with Crippen molar-refractivity contribution in [3.63, 3.8) is 0 Å². The number of hydrogen-bond donors (Lipinski definition) is 3. The molecule has 164 valence electrons. The highest BCUT2D eigenvalue weighted by atomic mass is 32.2. The second kappa shape index (κ2) is 10.3. The third-order valence-corrected chi connectivity index (χ3v) is 6.73. The van der Waals surface area contributed by atoms with E-state index >= 15 is 0 Å². The zero-order valence-corrected chi connectivity index (χ0v) is 19.0. The van der Waals surface area contributed by atoms with Gasteiger partial charge in [-0.15, -0.1) is 0 Å². The van der Waals surface area contributed by atoms with E-state index < -0.39 is 27.1 Å². The molecular weight excluding hydrogens is 380 g/mol. The van der Waals surface area contributed by atoms with Gasteiger partial charge in [0.2, 0.25) is 0 Å². The lowest BCUT2D eigenvalue weighted by atomic mass is 9.93. The van der Waals surface area contributed by atoms with Crippen LogP contribution < -0.4 is 16.0 Å². The van der Waals surface area contributed by atoms with E-state index in [9.17, 15) is 13.2 Å². The van der Waals surface area contributed by atoms with Crippen LogP contribution in [0.3, 0.4) is 0 Å². The van der Waals surface area contributed by atoms with Crippen molar-refractivity contribution in [1.82, 2.24) is 16.0 Å². The second-order valence-electron chi connectivity index (χ2n) is 8.46. The monoisotopic (exact) mass is 418 g/mol. The Bertz CT molecular complexity index is 637. The van der Waals surface area contributed by atoms with Gasteiger partial charge in [-0.25, -0.2) is 13.2 Å². The molecule has 0 spiro atoms. The molecule has 1 fully saturated rings. The van der Waals surface area contributed by atoms with Crippen molar-refractivity contribution in [3.8, 4) is 0 Å². The van der Waals surface area contributed by atoms with Crippen molar-refractivity contribution in [3.05, 3.63) is 0 Å². The van der Waals surface area contributed by atoms with Crippen molar-refractivity contribution in [1.29, 1.82) is 0 Å². The summed E-state index contributed by atoms with van der Waals surface area (Å²) in [7, 11) is -2.89. The predicted octanol–water partition coefficient (Wildman–Crippen LogP) is 2.06. The van der Waals surface area contributed by atoms with E-state index in [2.05, 4.69) is 20.9 Å². The number of hydrogen-bond acceptors (Lipinski definition) is 5. The van der Waals surface area contributed by atoms with Gasteiger partial charge in [-0.1, -0.05) is 13.8 Å². The summed E-state index contributed by atoms with van der Waals surface area (Å²) in [5.41, 5.74) is -1.06. The van der Waals surface area contributed by atoms with Gasteiger partial charge < -0.3 is 20.7 Å². The quantitative estimate of drug-likeness (QED) is 0.411. The summed E-state index contributed by atoms with van der Waals surface area (Å²) in [6.45, 7) is 13.2. The van der Waals surface area contributed by atoms with E-state index in [1.807, 2.05) is 41.5 Å². The normalized spacial score (nSPS) is 19.9. The van der Waals surface area contributed by atoms with Gasteiger partial charge in [0, 0.05) is 13.1 Å². The Morgan fingerprint density at radius 3 is 2.25 bits per heavy atom. The van der Waals surface area contributed by atoms with Gasteiger partial charge >= 0.3 is 6.09 Å². The van der Waals surface area contributed by atoms with Gasteiger partial charge in [0.1, 0.15) is 5.60 Å². The van der Waals surface area contributed by atoms with Crippen LogP contribution in [0.25, 0.3) is 0 Å². The second-order valence-corrected chi connectivity index (χ2v) is 10.7. The van der Waals surface area contributed by atoms with E-state index in [0.717, 1.165) is 0 Å². The SMILES string of the molecule is CCNC(=NCC(CC)(CC)NC(=O)OC(C)(C)C)NCC1CCS(=O)(=O)C1. The van der Waals surface area contributed by atoms with E-state index in [-0.39, 0.29) is 17.4 Å². The molecule has 8 nitrogen and oxygen atoms in total. The summed E-state index contributed by atoms with van der Waals surface area (Å²) in [5, 5.41) is 9.42. The number of carbonyl (C=O) groups excluding carboxylic acids is 1. The van der Waals surface area contributed by atoms with Crippen LogP contribution in [0, 0.1) is 5.92 Å². The molecule has 28 heavy (non-hydrogen) atoms. The number of alkyl carbamates (subject to hydrolysis) is 1. The van der Waals surface area contributed by atoms with E-state index in [0.29, 0.717) is 44.9 Å². The minimum Gasteiger partial charge on any atom is -0.444 e. The third-order valence-electron chi connectivity index (χ3n) is 4.89. The van der Waals surface area contributed by atoms with Gasteiger partial charge in [-0.2, -0.15) is 0 Å². The molecule has 1 heterocycles. The molecule has 1 rings (SSSR count). The lowest BCUT2D eigenvalue weighted by Crippen LogP contribution is -2.52. The first kappa shape index (κ1) is 24.5. The first-order valence-electron chi connectivity index (χ1n) is 10.2. The molecule has 1 aliphatic heterocycles. The van der Waals surface area contributed by atoms with Crippen LogP contribution in [-0.2, 0) is 14.6 Å². The largest absolute Gasteiger partial charge is 0.444 e. The first-order valence-corrected chi connectivity index (χ1v) is 12.0. The van der Waals surface area contributed by atoms with Crippen LogP contribution in [0.2, 0.25) is 0 Å². The summed E-state index contributed by atoms with van der Waals surface area (Å²) < 4.78 is 28.6. The highest BCUT2D eigenvalue weighted by Gasteiger charge is 2.31. The fraction of sp³-hybridized carbons (Fsp3) is 0.895. The fourth-order valence-electron chi connectivity index (χ4n) is 3.06. The number of nitrogens with zero attached hydrogens (tertiary/aromatic N) is 1. The molecule has 0 aliphatic carbocycles. The minimum atomic E-state index is -2.89. The van der Waals surface area contributed by atoms with Gasteiger partial charge in [-0.3, -0.25) is 4.99 Å². The lowest BCUT2D eigenvalue weighted by molar-refractivity contribution is 0.0452. The molecule has 0 saturated carbocycles. The topological polar surface area (TPSA) is 109 Å². The molecule has 0 aromatic heterocycles. The maximum absolute atomic E-state index is 12.3. The van der Waals surface area contributed by atoms with E-state index in [1.165, 1.54) is 0 Å². The van der Waals surface area contributed by atoms with Crippen molar-refractivity contribution < 1.29 is 17.9 Å². The maximum Gasteiger partial charge on any atom is 0.408 e. The highest BCUT2D eigenvalue weighted by molar-refractivity contribution is 7.91. The number of carbonyl (C=O) groups is 1. The summed E-state index contributed by atoms with van der Waals surface area (Å²) in [6.07, 6.45) is 1.67. The van der Waals surface area contributed by atoms with Crippen LogP contribution in [0.4, 0.5) is 4.79 Å². The Morgan fingerprint density at radius 1 is 1.14 bits per heavy atom. The molecule has 0 bridgehead atoms.